The average Bonchev–Trinajstić information content (AvgIpc) is 3.03. The number of rotatable bonds is 4. The number of pyridine rings is 1. The molecule has 1 aromatic carbocycles. The highest BCUT2D eigenvalue weighted by Gasteiger charge is 2.06. The zero-order valence-corrected chi connectivity index (χ0v) is 13.4. The van der Waals surface area contributed by atoms with Crippen molar-refractivity contribution in [3.63, 3.8) is 0 Å². The molecule has 24 heavy (non-hydrogen) atoms. The lowest BCUT2D eigenvalue weighted by Gasteiger charge is -2.02. The number of nitrogens with zero attached hydrogens (tertiary/aromatic N) is 4. The van der Waals surface area contributed by atoms with Crippen LogP contribution >= 0.6 is 11.6 Å². The van der Waals surface area contributed by atoms with Gasteiger partial charge in [-0.1, -0.05) is 29.8 Å². The number of hydrogen-bond acceptors (Lipinski definition) is 4. The van der Waals surface area contributed by atoms with Gasteiger partial charge in [-0.15, -0.1) is 0 Å². The van der Waals surface area contributed by atoms with Crippen molar-refractivity contribution in [2.75, 3.05) is 0 Å². The standard InChI is InChI=1S/C18H13ClN4O/c19-17-7-6-13(8-20-17)14-9-21-18-22-15(11-23(18)10-14)12-24-16-4-2-1-3-5-16/h1-11H,12H2. The maximum atomic E-state index is 5.83. The van der Waals surface area contributed by atoms with E-state index in [9.17, 15) is 0 Å². The van der Waals surface area contributed by atoms with Gasteiger partial charge in [0, 0.05) is 35.9 Å². The van der Waals surface area contributed by atoms with E-state index < -0.39 is 0 Å². The lowest BCUT2D eigenvalue weighted by Crippen LogP contribution is -1.94. The number of benzene rings is 1. The van der Waals surface area contributed by atoms with Crippen molar-refractivity contribution in [3.8, 4) is 16.9 Å². The van der Waals surface area contributed by atoms with Crippen LogP contribution in [0, 0.1) is 0 Å². The van der Waals surface area contributed by atoms with Gasteiger partial charge in [0.1, 0.15) is 17.5 Å². The lowest BCUT2D eigenvalue weighted by molar-refractivity contribution is 0.302. The van der Waals surface area contributed by atoms with E-state index in [-0.39, 0.29) is 0 Å². The van der Waals surface area contributed by atoms with E-state index in [1.54, 1.807) is 18.5 Å². The minimum absolute atomic E-state index is 0.394. The molecular weight excluding hydrogens is 324 g/mol. The Kier molecular flexibility index (Phi) is 3.84. The molecule has 0 N–H and O–H groups in total. The molecule has 3 heterocycles. The highest BCUT2D eigenvalue weighted by atomic mass is 35.5. The molecule has 0 saturated heterocycles. The topological polar surface area (TPSA) is 52.3 Å². The SMILES string of the molecule is Clc1ccc(-c2cnc3nc(COc4ccccc4)cn3c2)cn1. The predicted octanol–water partition coefficient (Wildman–Crippen LogP) is 4.02. The van der Waals surface area contributed by atoms with Gasteiger partial charge in [-0.3, -0.25) is 4.40 Å². The largest absolute Gasteiger partial charge is 0.487 e. The van der Waals surface area contributed by atoms with Gasteiger partial charge < -0.3 is 4.74 Å². The molecule has 0 radical (unpaired) electrons. The van der Waals surface area contributed by atoms with Crippen molar-refractivity contribution >= 4 is 17.4 Å². The normalized spacial score (nSPS) is 10.9. The van der Waals surface area contributed by atoms with E-state index in [2.05, 4.69) is 15.0 Å². The molecule has 3 aromatic heterocycles. The van der Waals surface area contributed by atoms with Gasteiger partial charge in [0.05, 0.1) is 5.69 Å². The summed E-state index contributed by atoms with van der Waals surface area (Å²) >= 11 is 5.83. The van der Waals surface area contributed by atoms with Crippen LogP contribution in [0.5, 0.6) is 5.75 Å². The summed E-state index contributed by atoms with van der Waals surface area (Å²) in [6.07, 6.45) is 7.38. The highest BCUT2D eigenvalue weighted by Crippen LogP contribution is 2.19. The minimum Gasteiger partial charge on any atom is -0.487 e. The fourth-order valence-electron chi connectivity index (χ4n) is 2.37. The second-order valence-electron chi connectivity index (χ2n) is 5.25. The molecule has 0 saturated carbocycles. The second-order valence-corrected chi connectivity index (χ2v) is 5.64. The first-order chi connectivity index (χ1) is 11.8. The zero-order valence-electron chi connectivity index (χ0n) is 12.6. The molecule has 118 valence electrons. The summed E-state index contributed by atoms with van der Waals surface area (Å²) in [6, 6.07) is 13.3. The Bertz CT molecular complexity index is 967. The van der Waals surface area contributed by atoms with Crippen LogP contribution in [0.4, 0.5) is 0 Å². The van der Waals surface area contributed by atoms with E-state index in [0.717, 1.165) is 22.6 Å². The lowest BCUT2D eigenvalue weighted by atomic mass is 10.2. The van der Waals surface area contributed by atoms with E-state index in [1.165, 1.54) is 0 Å². The molecule has 0 aliphatic carbocycles. The number of imidazole rings is 1. The van der Waals surface area contributed by atoms with Gasteiger partial charge in [-0.25, -0.2) is 15.0 Å². The maximum absolute atomic E-state index is 5.83. The van der Waals surface area contributed by atoms with Gasteiger partial charge in [0.2, 0.25) is 5.78 Å². The number of fused-ring (bicyclic) bond motifs is 1. The quantitative estimate of drug-likeness (QED) is 0.528. The predicted molar refractivity (Wildman–Crippen MR) is 92.0 cm³/mol. The van der Waals surface area contributed by atoms with E-state index in [1.807, 2.05) is 53.2 Å². The molecule has 5 nitrogen and oxygen atoms in total. The Hall–Kier alpha value is -2.92. The Morgan fingerprint density at radius 1 is 0.917 bits per heavy atom. The van der Waals surface area contributed by atoms with Crippen molar-refractivity contribution in [3.05, 3.63) is 78.1 Å². The number of aromatic nitrogens is 4. The fraction of sp³-hybridized carbons (Fsp3) is 0.0556. The van der Waals surface area contributed by atoms with Crippen LogP contribution in [0.2, 0.25) is 5.15 Å². The van der Waals surface area contributed by atoms with Gasteiger partial charge in [0.25, 0.3) is 0 Å². The highest BCUT2D eigenvalue weighted by molar-refractivity contribution is 6.29. The summed E-state index contributed by atoms with van der Waals surface area (Å²) in [7, 11) is 0. The smallest absolute Gasteiger partial charge is 0.234 e. The first kappa shape index (κ1) is 14.7. The summed E-state index contributed by atoms with van der Waals surface area (Å²) in [5, 5.41) is 0.468. The van der Waals surface area contributed by atoms with Crippen molar-refractivity contribution in [2.24, 2.45) is 0 Å². The monoisotopic (exact) mass is 336 g/mol. The Morgan fingerprint density at radius 3 is 2.54 bits per heavy atom. The van der Waals surface area contributed by atoms with Crippen LogP contribution in [0.25, 0.3) is 16.9 Å². The summed E-state index contributed by atoms with van der Waals surface area (Å²) in [6.45, 7) is 0.394. The zero-order chi connectivity index (χ0) is 16.4. The number of para-hydroxylation sites is 1. The maximum Gasteiger partial charge on any atom is 0.234 e. The first-order valence-electron chi connectivity index (χ1n) is 7.41. The molecule has 0 aliphatic heterocycles. The third-order valence-corrected chi connectivity index (χ3v) is 3.77. The molecule has 0 amide bonds. The molecule has 0 fully saturated rings. The summed E-state index contributed by atoms with van der Waals surface area (Å²) < 4.78 is 7.60. The van der Waals surface area contributed by atoms with Crippen molar-refractivity contribution in [1.29, 1.82) is 0 Å². The third-order valence-electron chi connectivity index (χ3n) is 3.55. The van der Waals surface area contributed by atoms with Gasteiger partial charge in [-0.2, -0.15) is 0 Å². The van der Waals surface area contributed by atoms with Crippen molar-refractivity contribution < 1.29 is 4.74 Å². The summed E-state index contributed by atoms with van der Waals surface area (Å²) in [5.74, 6) is 1.45. The van der Waals surface area contributed by atoms with E-state index in [4.69, 9.17) is 16.3 Å². The molecule has 0 unspecified atom stereocenters. The summed E-state index contributed by atoms with van der Waals surface area (Å²) in [5.41, 5.74) is 2.71. The molecule has 0 aliphatic rings. The average molecular weight is 337 g/mol. The fourth-order valence-corrected chi connectivity index (χ4v) is 2.49. The molecule has 0 bridgehead atoms. The molecule has 4 rings (SSSR count). The van der Waals surface area contributed by atoms with Gasteiger partial charge in [-0.05, 0) is 24.3 Å². The van der Waals surface area contributed by atoms with Gasteiger partial charge in [0.15, 0.2) is 0 Å². The molecule has 4 aromatic rings. The number of halogens is 1. The third kappa shape index (κ3) is 3.07. The van der Waals surface area contributed by atoms with E-state index >= 15 is 0 Å². The van der Waals surface area contributed by atoms with Gasteiger partial charge >= 0.3 is 0 Å². The van der Waals surface area contributed by atoms with Crippen molar-refractivity contribution in [2.45, 2.75) is 6.61 Å². The van der Waals surface area contributed by atoms with E-state index in [0.29, 0.717) is 17.5 Å². The molecule has 0 spiro atoms. The summed E-state index contributed by atoms with van der Waals surface area (Å²) in [4.78, 5) is 13.0. The molecule has 6 heteroatoms. The van der Waals surface area contributed by atoms with Crippen LogP contribution < -0.4 is 4.74 Å². The van der Waals surface area contributed by atoms with Crippen molar-refractivity contribution in [1.82, 2.24) is 19.4 Å². The Morgan fingerprint density at radius 2 is 1.75 bits per heavy atom. The van der Waals surface area contributed by atoms with Crippen LogP contribution in [0.15, 0.2) is 67.3 Å². The molecular formula is C18H13ClN4O. The van der Waals surface area contributed by atoms with Crippen LogP contribution in [0.3, 0.4) is 0 Å². The second kappa shape index (κ2) is 6.29. The Labute approximate surface area is 143 Å². The van der Waals surface area contributed by atoms with Crippen LogP contribution in [-0.4, -0.2) is 19.4 Å². The minimum atomic E-state index is 0.394. The Balaban J connectivity index is 1.58. The number of hydrogen-bond donors (Lipinski definition) is 0. The van der Waals surface area contributed by atoms with Crippen LogP contribution in [0.1, 0.15) is 5.69 Å². The van der Waals surface area contributed by atoms with Crippen LogP contribution in [-0.2, 0) is 6.61 Å². The first-order valence-corrected chi connectivity index (χ1v) is 7.79. The molecule has 0 atom stereocenters. The number of ether oxygens (including phenoxy) is 1.